The van der Waals surface area contributed by atoms with Gasteiger partial charge in [-0.15, -0.1) is 0 Å². The van der Waals surface area contributed by atoms with Crippen molar-refractivity contribution in [1.82, 2.24) is 4.72 Å². The molecule has 164 valence electrons. The Morgan fingerprint density at radius 1 is 1.00 bits per heavy atom. The lowest BCUT2D eigenvalue weighted by Gasteiger charge is -2.19. The summed E-state index contributed by atoms with van der Waals surface area (Å²) in [5.74, 6) is 0.309. The second kappa shape index (κ2) is 10.2. The van der Waals surface area contributed by atoms with Gasteiger partial charge < -0.3 is 9.64 Å². The highest BCUT2D eigenvalue weighted by atomic mass is 32.2. The number of rotatable bonds is 9. The molecule has 0 aliphatic carbocycles. The zero-order valence-electron chi connectivity index (χ0n) is 17.7. The van der Waals surface area contributed by atoms with Gasteiger partial charge in [-0.25, -0.2) is 8.42 Å². The zero-order valence-corrected chi connectivity index (χ0v) is 19.4. The van der Waals surface area contributed by atoms with Crippen LogP contribution in [0, 0.1) is 0 Å². The minimum Gasteiger partial charge on any atom is -0.468 e. The van der Waals surface area contributed by atoms with E-state index in [1.807, 2.05) is 67.5 Å². The van der Waals surface area contributed by atoms with Gasteiger partial charge in [-0.3, -0.25) is 4.79 Å². The number of ether oxygens (including phenoxy) is 1. The standard InChI is InChI=1S/C23H26N2O4S2/c1-25(2)21-13-7-12-19-18(21)11-8-14-22(19)31(27,28)24-20(23(26)29-3)16-30-15-17-9-5-4-6-10-17/h4-14,20,24H,15-16H2,1-3H3. The first-order chi connectivity index (χ1) is 14.8. The minimum absolute atomic E-state index is 0.135. The number of nitrogens with one attached hydrogen (secondary N) is 1. The van der Waals surface area contributed by atoms with E-state index in [4.69, 9.17) is 4.74 Å². The van der Waals surface area contributed by atoms with E-state index in [0.717, 1.165) is 16.6 Å². The SMILES string of the molecule is COC(=O)C(CSCc1ccccc1)NS(=O)(=O)c1cccc2c(N(C)C)cccc12. The molecule has 1 unspecified atom stereocenters. The van der Waals surface area contributed by atoms with Crippen LogP contribution in [0.3, 0.4) is 0 Å². The largest absolute Gasteiger partial charge is 0.468 e. The lowest BCUT2D eigenvalue weighted by Crippen LogP contribution is -2.43. The Bertz CT molecular complexity index is 1150. The lowest BCUT2D eigenvalue weighted by molar-refractivity contribution is -0.141. The van der Waals surface area contributed by atoms with E-state index in [-0.39, 0.29) is 10.6 Å². The van der Waals surface area contributed by atoms with Crippen LogP contribution in [0.5, 0.6) is 0 Å². The molecule has 3 aromatic rings. The van der Waals surface area contributed by atoms with Gasteiger partial charge in [0.05, 0.1) is 12.0 Å². The van der Waals surface area contributed by atoms with Crippen molar-refractivity contribution in [1.29, 1.82) is 0 Å². The van der Waals surface area contributed by atoms with E-state index in [0.29, 0.717) is 11.1 Å². The number of carbonyl (C=O) groups excluding carboxylic acids is 1. The molecule has 0 spiro atoms. The number of sulfonamides is 1. The third-order valence-electron chi connectivity index (χ3n) is 4.81. The van der Waals surface area contributed by atoms with Gasteiger partial charge in [0.2, 0.25) is 10.0 Å². The van der Waals surface area contributed by atoms with Gasteiger partial charge in [0.1, 0.15) is 6.04 Å². The average Bonchev–Trinajstić information content (AvgIpc) is 2.77. The summed E-state index contributed by atoms with van der Waals surface area (Å²) in [6, 6.07) is 19.5. The van der Waals surface area contributed by atoms with Crippen molar-refractivity contribution in [3.8, 4) is 0 Å². The fourth-order valence-corrected chi connectivity index (χ4v) is 5.81. The molecule has 0 amide bonds. The van der Waals surface area contributed by atoms with Crippen LogP contribution in [-0.2, 0) is 25.3 Å². The Hall–Kier alpha value is -2.55. The molecule has 0 aromatic heterocycles. The molecule has 0 bridgehead atoms. The van der Waals surface area contributed by atoms with Gasteiger partial charge in [0.25, 0.3) is 0 Å². The maximum Gasteiger partial charge on any atom is 0.324 e. The van der Waals surface area contributed by atoms with Crippen LogP contribution in [0.15, 0.2) is 71.6 Å². The molecule has 1 atom stereocenters. The highest BCUT2D eigenvalue weighted by Gasteiger charge is 2.28. The second-order valence-corrected chi connectivity index (χ2v) is 9.93. The molecular formula is C23H26N2O4S2. The van der Waals surface area contributed by atoms with E-state index < -0.39 is 22.0 Å². The summed E-state index contributed by atoms with van der Waals surface area (Å²) in [5, 5.41) is 1.42. The summed E-state index contributed by atoms with van der Waals surface area (Å²) in [6.45, 7) is 0. The fourth-order valence-electron chi connectivity index (χ4n) is 3.30. The van der Waals surface area contributed by atoms with Gasteiger partial charge in [0.15, 0.2) is 0 Å². The van der Waals surface area contributed by atoms with Crippen molar-refractivity contribution < 1.29 is 17.9 Å². The van der Waals surface area contributed by atoms with Crippen LogP contribution in [0.1, 0.15) is 5.56 Å². The Kier molecular flexibility index (Phi) is 7.59. The maximum absolute atomic E-state index is 13.2. The Balaban J connectivity index is 1.85. The number of methoxy groups -OCH3 is 1. The van der Waals surface area contributed by atoms with Crippen molar-refractivity contribution in [2.24, 2.45) is 0 Å². The van der Waals surface area contributed by atoms with Crippen LogP contribution in [0.25, 0.3) is 10.8 Å². The quantitative estimate of drug-likeness (QED) is 0.493. The maximum atomic E-state index is 13.2. The molecule has 8 heteroatoms. The smallest absolute Gasteiger partial charge is 0.324 e. The number of hydrogen-bond acceptors (Lipinski definition) is 6. The number of hydrogen-bond donors (Lipinski definition) is 1. The Morgan fingerprint density at radius 3 is 2.35 bits per heavy atom. The Labute approximate surface area is 187 Å². The Morgan fingerprint density at radius 2 is 1.68 bits per heavy atom. The van der Waals surface area contributed by atoms with Crippen LogP contribution < -0.4 is 9.62 Å². The predicted molar refractivity (Wildman–Crippen MR) is 127 cm³/mol. The molecule has 0 radical (unpaired) electrons. The van der Waals surface area contributed by atoms with E-state index in [2.05, 4.69) is 4.72 Å². The van der Waals surface area contributed by atoms with Gasteiger partial charge in [0, 0.05) is 42.1 Å². The first-order valence-corrected chi connectivity index (χ1v) is 12.4. The summed E-state index contributed by atoms with van der Waals surface area (Å²) in [5.41, 5.74) is 2.02. The third kappa shape index (κ3) is 5.58. The fraction of sp³-hybridized carbons (Fsp3) is 0.261. The summed E-state index contributed by atoms with van der Waals surface area (Å²) >= 11 is 1.47. The molecule has 3 aromatic carbocycles. The molecular weight excluding hydrogens is 432 g/mol. The van der Waals surface area contributed by atoms with Gasteiger partial charge in [-0.1, -0.05) is 54.6 Å². The first kappa shape index (κ1) is 23.1. The number of thioether (sulfide) groups is 1. The van der Waals surface area contributed by atoms with Crippen molar-refractivity contribution in [2.45, 2.75) is 16.7 Å². The van der Waals surface area contributed by atoms with Crippen molar-refractivity contribution in [3.05, 3.63) is 72.3 Å². The van der Waals surface area contributed by atoms with Crippen LogP contribution in [0.2, 0.25) is 0 Å². The van der Waals surface area contributed by atoms with Gasteiger partial charge >= 0.3 is 5.97 Å². The highest BCUT2D eigenvalue weighted by molar-refractivity contribution is 7.98. The zero-order chi connectivity index (χ0) is 22.4. The summed E-state index contributed by atoms with van der Waals surface area (Å²) in [4.78, 5) is 14.4. The summed E-state index contributed by atoms with van der Waals surface area (Å²) in [7, 11) is 1.11. The number of benzene rings is 3. The monoisotopic (exact) mass is 458 g/mol. The van der Waals surface area contributed by atoms with Gasteiger partial charge in [-0.05, 0) is 17.7 Å². The summed E-state index contributed by atoms with van der Waals surface area (Å²) < 4.78 is 33.9. The molecule has 3 rings (SSSR count). The van der Waals surface area contributed by atoms with Crippen LogP contribution in [0.4, 0.5) is 5.69 Å². The lowest BCUT2D eigenvalue weighted by atomic mass is 10.1. The first-order valence-electron chi connectivity index (χ1n) is 9.74. The van der Waals surface area contributed by atoms with E-state index in [9.17, 15) is 13.2 Å². The van der Waals surface area contributed by atoms with E-state index >= 15 is 0 Å². The number of esters is 1. The topological polar surface area (TPSA) is 75.7 Å². The minimum atomic E-state index is -3.96. The molecule has 0 aliphatic rings. The number of nitrogens with zero attached hydrogens (tertiary/aromatic N) is 1. The van der Waals surface area contributed by atoms with E-state index in [1.54, 1.807) is 18.2 Å². The number of fused-ring (bicyclic) bond motifs is 1. The molecule has 0 saturated carbocycles. The molecule has 1 N–H and O–H groups in total. The van der Waals surface area contributed by atoms with Crippen LogP contribution in [-0.4, -0.2) is 47.4 Å². The van der Waals surface area contributed by atoms with E-state index in [1.165, 1.54) is 18.9 Å². The van der Waals surface area contributed by atoms with Crippen LogP contribution >= 0.6 is 11.8 Å². The average molecular weight is 459 g/mol. The number of anilines is 1. The van der Waals surface area contributed by atoms with Gasteiger partial charge in [-0.2, -0.15) is 16.5 Å². The van der Waals surface area contributed by atoms with Crippen molar-refractivity contribution in [2.75, 3.05) is 31.9 Å². The molecule has 31 heavy (non-hydrogen) atoms. The number of carbonyl (C=O) groups is 1. The highest BCUT2D eigenvalue weighted by Crippen LogP contribution is 2.30. The second-order valence-electron chi connectivity index (χ2n) is 7.22. The predicted octanol–water partition coefficient (Wildman–Crippen LogP) is 3.66. The molecule has 6 nitrogen and oxygen atoms in total. The normalized spacial score (nSPS) is 12.5. The molecule has 0 aliphatic heterocycles. The third-order valence-corrected chi connectivity index (χ3v) is 7.45. The van der Waals surface area contributed by atoms with Crippen molar-refractivity contribution in [3.63, 3.8) is 0 Å². The summed E-state index contributed by atoms with van der Waals surface area (Å²) in [6.07, 6.45) is 0. The van der Waals surface area contributed by atoms with Crippen molar-refractivity contribution >= 4 is 44.2 Å². The molecule has 0 fully saturated rings. The molecule has 0 heterocycles. The molecule has 0 saturated heterocycles.